The molecule has 0 aliphatic carbocycles. The lowest BCUT2D eigenvalue weighted by Gasteiger charge is -2.28. The molecule has 0 amide bonds. The number of nitrogens with one attached hydrogen (secondary N) is 2. The van der Waals surface area contributed by atoms with Crippen molar-refractivity contribution in [1.82, 2.24) is 10.2 Å². The Morgan fingerprint density at radius 3 is 2.68 bits per heavy atom. The Labute approximate surface area is 165 Å². The van der Waals surface area contributed by atoms with Gasteiger partial charge in [-0.15, -0.1) is 5.10 Å². The molecule has 2 heterocycles. The summed E-state index contributed by atoms with van der Waals surface area (Å²) in [6.07, 6.45) is 0. The van der Waals surface area contributed by atoms with E-state index in [1.54, 1.807) is 24.3 Å². The van der Waals surface area contributed by atoms with Crippen LogP contribution in [0.4, 0.5) is 0 Å². The molecule has 0 saturated heterocycles. The third-order valence-corrected chi connectivity index (χ3v) is 4.99. The molecular weight excluding hydrogens is 380 g/mol. The number of rotatable bonds is 3. The predicted octanol–water partition coefficient (Wildman–Crippen LogP) is 4.09. The van der Waals surface area contributed by atoms with E-state index in [1.165, 1.54) is 13.2 Å². The SMILES string of the molecule is COc1ccc(C2c3c(n[nH]c3-c3ccc(Cl)cc3)OC(=N)C2C#N)cc1O. The van der Waals surface area contributed by atoms with E-state index in [0.717, 1.165) is 5.56 Å². The maximum Gasteiger partial charge on any atom is 0.244 e. The summed E-state index contributed by atoms with van der Waals surface area (Å²) in [5.41, 5.74) is 2.78. The van der Waals surface area contributed by atoms with E-state index in [-0.39, 0.29) is 17.5 Å². The Kier molecular flexibility index (Phi) is 4.41. The van der Waals surface area contributed by atoms with Crippen LogP contribution in [0.3, 0.4) is 0 Å². The molecule has 140 valence electrons. The minimum atomic E-state index is -0.871. The summed E-state index contributed by atoms with van der Waals surface area (Å²) >= 11 is 5.99. The molecule has 0 fully saturated rings. The van der Waals surface area contributed by atoms with Crippen LogP contribution in [0, 0.1) is 22.7 Å². The van der Waals surface area contributed by atoms with Crippen molar-refractivity contribution in [1.29, 1.82) is 10.7 Å². The van der Waals surface area contributed by atoms with Gasteiger partial charge in [0.1, 0.15) is 5.92 Å². The van der Waals surface area contributed by atoms with Crippen LogP contribution in [0.25, 0.3) is 11.3 Å². The first-order chi connectivity index (χ1) is 13.5. The Bertz CT molecular complexity index is 1100. The average Bonchev–Trinajstić information content (AvgIpc) is 3.10. The van der Waals surface area contributed by atoms with Crippen molar-refractivity contribution in [3.05, 3.63) is 58.6 Å². The van der Waals surface area contributed by atoms with E-state index in [2.05, 4.69) is 16.3 Å². The quantitative estimate of drug-likeness (QED) is 0.619. The van der Waals surface area contributed by atoms with Gasteiger partial charge >= 0.3 is 0 Å². The number of phenols is 1. The fourth-order valence-electron chi connectivity index (χ4n) is 3.42. The van der Waals surface area contributed by atoms with E-state index in [9.17, 15) is 10.4 Å². The molecule has 3 aromatic rings. The fraction of sp³-hybridized carbons (Fsp3) is 0.150. The van der Waals surface area contributed by atoms with E-state index in [0.29, 0.717) is 27.6 Å². The van der Waals surface area contributed by atoms with Crippen LogP contribution in [0.1, 0.15) is 17.0 Å². The van der Waals surface area contributed by atoms with Gasteiger partial charge in [0.15, 0.2) is 11.5 Å². The van der Waals surface area contributed by atoms with Gasteiger partial charge < -0.3 is 14.6 Å². The number of aromatic nitrogens is 2. The molecule has 8 heteroatoms. The van der Waals surface area contributed by atoms with E-state index >= 15 is 0 Å². The lowest BCUT2D eigenvalue weighted by atomic mass is 9.78. The summed E-state index contributed by atoms with van der Waals surface area (Å²) in [7, 11) is 1.46. The van der Waals surface area contributed by atoms with Gasteiger partial charge in [0.25, 0.3) is 0 Å². The van der Waals surface area contributed by atoms with E-state index < -0.39 is 11.8 Å². The zero-order valence-corrected chi connectivity index (χ0v) is 15.5. The first kappa shape index (κ1) is 17.9. The number of hydrogen-bond donors (Lipinski definition) is 3. The summed E-state index contributed by atoms with van der Waals surface area (Å²) in [6, 6.07) is 14.2. The Hall–Kier alpha value is -3.50. The number of halogens is 1. The number of aromatic amines is 1. The van der Waals surface area contributed by atoms with Gasteiger partial charge in [0.05, 0.1) is 24.4 Å². The minimum Gasteiger partial charge on any atom is -0.504 e. The number of aromatic hydroxyl groups is 1. The van der Waals surface area contributed by atoms with Crippen LogP contribution in [0.5, 0.6) is 17.4 Å². The van der Waals surface area contributed by atoms with Gasteiger partial charge in [0.2, 0.25) is 11.8 Å². The van der Waals surface area contributed by atoms with Crippen LogP contribution in [0.2, 0.25) is 5.02 Å². The van der Waals surface area contributed by atoms with Crippen LogP contribution < -0.4 is 9.47 Å². The monoisotopic (exact) mass is 394 g/mol. The number of phenolic OH excluding ortho intramolecular Hbond substituents is 1. The Morgan fingerprint density at radius 2 is 2.04 bits per heavy atom. The third-order valence-electron chi connectivity index (χ3n) is 4.74. The second-order valence-corrected chi connectivity index (χ2v) is 6.74. The molecule has 0 bridgehead atoms. The third kappa shape index (κ3) is 2.84. The topological polar surface area (TPSA) is 115 Å². The number of fused-ring (bicyclic) bond motifs is 1. The van der Waals surface area contributed by atoms with E-state index in [1.807, 2.05) is 12.1 Å². The number of ether oxygens (including phenoxy) is 2. The second-order valence-electron chi connectivity index (χ2n) is 6.31. The van der Waals surface area contributed by atoms with Crippen molar-refractivity contribution in [2.75, 3.05) is 7.11 Å². The second kappa shape index (κ2) is 6.91. The first-order valence-electron chi connectivity index (χ1n) is 8.40. The minimum absolute atomic E-state index is 0.0483. The number of methoxy groups -OCH3 is 1. The normalized spacial score (nSPS) is 18.1. The molecule has 0 spiro atoms. The number of H-pyrrole nitrogens is 1. The molecule has 1 aliphatic heterocycles. The standard InChI is InChI=1S/C20H15ClN4O3/c1-27-15-7-4-11(8-14(15)26)16-13(9-22)19(23)28-20-17(16)18(24-25-20)10-2-5-12(21)6-3-10/h2-8,13,16,23,26H,1H3,(H,24,25). The summed E-state index contributed by atoms with van der Waals surface area (Å²) in [5, 5.41) is 35.8. The average molecular weight is 395 g/mol. The Balaban J connectivity index is 1.92. The van der Waals surface area contributed by atoms with Crippen LogP contribution >= 0.6 is 11.6 Å². The highest BCUT2D eigenvalue weighted by molar-refractivity contribution is 6.30. The first-order valence-corrected chi connectivity index (χ1v) is 8.78. The lowest BCUT2D eigenvalue weighted by molar-refractivity contribution is 0.372. The van der Waals surface area contributed by atoms with Gasteiger partial charge in [-0.1, -0.05) is 29.8 Å². The summed E-state index contributed by atoms with van der Waals surface area (Å²) < 4.78 is 10.6. The van der Waals surface area contributed by atoms with Crippen LogP contribution in [-0.4, -0.2) is 28.3 Å². The van der Waals surface area contributed by atoms with Crippen molar-refractivity contribution in [2.24, 2.45) is 5.92 Å². The smallest absolute Gasteiger partial charge is 0.244 e. The maximum atomic E-state index is 10.2. The van der Waals surface area contributed by atoms with Gasteiger partial charge in [-0.2, -0.15) is 5.26 Å². The molecule has 4 rings (SSSR count). The lowest BCUT2D eigenvalue weighted by Crippen LogP contribution is -2.30. The summed E-state index contributed by atoms with van der Waals surface area (Å²) in [6.45, 7) is 0. The van der Waals surface area contributed by atoms with Gasteiger partial charge in [0, 0.05) is 16.5 Å². The molecular formula is C20H15ClN4O3. The molecule has 2 atom stereocenters. The van der Waals surface area contributed by atoms with Crippen LogP contribution in [-0.2, 0) is 0 Å². The van der Waals surface area contributed by atoms with Crippen molar-refractivity contribution in [3.8, 4) is 34.7 Å². The summed E-state index contributed by atoms with van der Waals surface area (Å²) in [5.74, 6) is -1.10. The molecule has 0 radical (unpaired) electrons. The molecule has 0 saturated carbocycles. The van der Waals surface area contributed by atoms with Gasteiger partial charge in [-0.25, -0.2) is 0 Å². The predicted molar refractivity (Wildman–Crippen MR) is 103 cm³/mol. The van der Waals surface area contributed by atoms with E-state index in [4.69, 9.17) is 26.5 Å². The Morgan fingerprint density at radius 1 is 1.29 bits per heavy atom. The van der Waals surface area contributed by atoms with Crippen LogP contribution in [0.15, 0.2) is 42.5 Å². The number of nitrogens with zero attached hydrogens (tertiary/aromatic N) is 2. The zero-order valence-electron chi connectivity index (χ0n) is 14.7. The van der Waals surface area contributed by atoms with Crippen molar-refractivity contribution in [3.63, 3.8) is 0 Å². The molecule has 7 nitrogen and oxygen atoms in total. The highest BCUT2D eigenvalue weighted by atomic mass is 35.5. The highest BCUT2D eigenvalue weighted by Gasteiger charge is 2.41. The largest absolute Gasteiger partial charge is 0.504 e. The highest BCUT2D eigenvalue weighted by Crippen LogP contribution is 2.46. The number of hydrogen-bond acceptors (Lipinski definition) is 6. The maximum absolute atomic E-state index is 10.2. The summed E-state index contributed by atoms with van der Waals surface area (Å²) in [4.78, 5) is 0. The molecule has 3 N–H and O–H groups in total. The number of benzene rings is 2. The van der Waals surface area contributed by atoms with Crippen molar-refractivity contribution >= 4 is 17.5 Å². The van der Waals surface area contributed by atoms with Gasteiger partial charge in [-0.3, -0.25) is 10.5 Å². The molecule has 1 aromatic heterocycles. The van der Waals surface area contributed by atoms with Crippen molar-refractivity contribution < 1.29 is 14.6 Å². The molecule has 28 heavy (non-hydrogen) atoms. The molecule has 2 aromatic carbocycles. The zero-order chi connectivity index (χ0) is 19.8. The molecule has 1 aliphatic rings. The van der Waals surface area contributed by atoms with Gasteiger partial charge in [-0.05, 0) is 29.8 Å². The van der Waals surface area contributed by atoms with Crippen molar-refractivity contribution in [2.45, 2.75) is 5.92 Å². The fourth-order valence-corrected chi connectivity index (χ4v) is 3.54. The number of nitriles is 1. The molecule has 2 unspecified atom stereocenters.